The molecule has 0 radical (unpaired) electrons. The summed E-state index contributed by atoms with van der Waals surface area (Å²) in [4.78, 5) is 31.7. The molecule has 1 unspecified atom stereocenters. The Morgan fingerprint density at radius 3 is 2.52 bits per heavy atom. The van der Waals surface area contributed by atoms with E-state index in [0.717, 1.165) is 90.2 Å². The summed E-state index contributed by atoms with van der Waals surface area (Å²) >= 11 is 3.04. The minimum atomic E-state index is 0.00460. The summed E-state index contributed by atoms with van der Waals surface area (Å²) in [7, 11) is 9.98. The zero-order valence-corrected chi connectivity index (χ0v) is 25.6. The van der Waals surface area contributed by atoms with Crippen LogP contribution in [0.2, 0.25) is 0 Å². The van der Waals surface area contributed by atoms with Gasteiger partial charge in [-0.25, -0.2) is 9.97 Å². The van der Waals surface area contributed by atoms with Gasteiger partial charge in [-0.3, -0.25) is 4.79 Å². The van der Waals surface area contributed by atoms with Gasteiger partial charge in [0, 0.05) is 30.0 Å². The molecular formula is C28H38N8O2S2. The number of nitrogens with one attached hydrogen (secondary N) is 1. The lowest BCUT2D eigenvalue weighted by Gasteiger charge is -2.30. The Bertz CT molecular complexity index is 1450. The van der Waals surface area contributed by atoms with Crippen LogP contribution in [0.15, 0.2) is 18.5 Å². The monoisotopic (exact) mass is 582 g/mol. The summed E-state index contributed by atoms with van der Waals surface area (Å²) in [5.74, 6) is 1.74. The molecule has 0 aliphatic heterocycles. The Morgan fingerprint density at radius 1 is 1.07 bits per heavy atom. The fraction of sp³-hybridized carbons (Fsp3) is 0.536. The number of hydrogen-bond acceptors (Lipinski definition) is 11. The van der Waals surface area contributed by atoms with Gasteiger partial charge in [-0.2, -0.15) is 0 Å². The van der Waals surface area contributed by atoms with Crippen LogP contribution in [0.1, 0.15) is 29.7 Å². The smallest absolute Gasteiger partial charge is 0.226 e. The number of benzene rings is 1. The molecule has 0 saturated carbocycles. The number of carbonyl (C=O) groups excluding carboxylic acids is 1. The Balaban J connectivity index is 1.36. The second kappa shape index (κ2) is 12.7. The maximum absolute atomic E-state index is 13.8. The summed E-state index contributed by atoms with van der Waals surface area (Å²) in [5, 5.41) is 8.71. The van der Waals surface area contributed by atoms with Gasteiger partial charge in [0.15, 0.2) is 0 Å². The van der Waals surface area contributed by atoms with Crippen LogP contribution in [0.25, 0.3) is 20.4 Å². The normalized spacial score (nSPS) is 15.2. The van der Waals surface area contributed by atoms with Gasteiger partial charge in [0.05, 0.1) is 22.9 Å². The van der Waals surface area contributed by atoms with Crippen molar-refractivity contribution in [3.63, 3.8) is 0 Å². The number of aryl methyl sites for hydroxylation is 1. The average Bonchev–Trinajstić information content (AvgIpc) is 3.54. The van der Waals surface area contributed by atoms with Crippen LogP contribution >= 0.6 is 22.9 Å². The van der Waals surface area contributed by atoms with E-state index in [-0.39, 0.29) is 5.92 Å². The van der Waals surface area contributed by atoms with Gasteiger partial charge >= 0.3 is 0 Å². The molecule has 40 heavy (non-hydrogen) atoms. The number of hydrogen-bond donors (Lipinski definition) is 1. The van der Waals surface area contributed by atoms with Crippen molar-refractivity contribution in [2.75, 3.05) is 66.8 Å². The molecule has 3 aromatic heterocycles. The molecule has 0 saturated heterocycles. The van der Waals surface area contributed by atoms with Gasteiger partial charge in [0.2, 0.25) is 5.91 Å². The number of thiophene rings is 1. The van der Waals surface area contributed by atoms with E-state index in [4.69, 9.17) is 4.74 Å². The summed E-state index contributed by atoms with van der Waals surface area (Å²) in [6.07, 6.45) is 6.01. The van der Waals surface area contributed by atoms with E-state index in [9.17, 15) is 4.79 Å². The van der Waals surface area contributed by atoms with Crippen molar-refractivity contribution in [3.8, 4) is 5.75 Å². The maximum atomic E-state index is 13.8. The fourth-order valence-electron chi connectivity index (χ4n) is 5.36. The molecule has 1 aromatic carbocycles. The third-order valence-electron chi connectivity index (χ3n) is 7.39. The van der Waals surface area contributed by atoms with Gasteiger partial charge < -0.3 is 24.8 Å². The van der Waals surface area contributed by atoms with Crippen molar-refractivity contribution in [2.45, 2.75) is 32.1 Å². The highest BCUT2D eigenvalue weighted by Crippen LogP contribution is 2.42. The lowest BCUT2D eigenvalue weighted by molar-refractivity contribution is -0.136. The summed E-state index contributed by atoms with van der Waals surface area (Å²) in [6.45, 7) is 3.57. The number of ether oxygens (including phenoxy) is 1. The molecule has 0 spiro atoms. The Hall–Kier alpha value is -2.93. The average molecular weight is 583 g/mol. The van der Waals surface area contributed by atoms with E-state index in [1.165, 1.54) is 22.0 Å². The van der Waals surface area contributed by atoms with Crippen LogP contribution in [-0.4, -0.2) is 102 Å². The van der Waals surface area contributed by atoms with Crippen LogP contribution in [0.4, 0.5) is 11.5 Å². The number of fused-ring (bicyclic) bond motifs is 4. The number of aromatic nitrogens is 4. The van der Waals surface area contributed by atoms with Crippen LogP contribution in [-0.2, 0) is 17.6 Å². The molecule has 3 heterocycles. The van der Waals surface area contributed by atoms with E-state index >= 15 is 0 Å². The third-order valence-corrected chi connectivity index (χ3v) is 9.24. The van der Waals surface area contributed by atoms with Crippen LogP contribution in [0.3, 0.4) is 0 Å². The van der Waals surface area contributed by atoms with Crippen molar-refractivity contribution in [1.82, 2.24) is 34.3 Å². The minimum absolute atomic E-state index is 0.00460. The molecule has 4 aromatic rings. The van der Waals surface area contributed by atoms with E-state index < -0.39 is 0 Å². The third kappa shape index (κ3) is 6.35. The maximum Gasteiger partial charge on any atom is 0.226 e. The molecule has 1 N–H and O–H groups in total. The molecule has 1 aliphatic carbocycles. The standard InChI is InChI=1S/C28H38N8O2S2/c1-34(2)10-6-12-36(13-7-11-35(3)4)28(37)18-8-9-19-23(14-18)39-27-25(19)26(29-17-30-27)31-20-16-24-21(32-33-40-24)15-22(20)38-5/h15-18H,6-14H2,1-5H3,(H,29,30,31). The summed E-state index contributed by atoms with van der Waals surface area (Å²) in [5.41, 5.74) is 2.88. The van der Waals surface area contributed by atoms with Crippen molar-refractivity contribution in [1.29, 1.82) is 0 Å². The molecule has 1 atom stereocenters. The van der Waals surface area contributed by atoms with Gasteiger partial charge in [0.1, 0.15) is 28.2 Å². The number of amides is 1. The van der Waals surface area contributed by atoms with E-state index in [1.54, 1.807) is 24.8 Å². The lowest BCUT2D eigenvalue weighted by Crippen LogP contribution is -2.40. The largest absolute Gasteiger partial charge is 0.494 e. The molecule has 5 rings (SSSR count). The quantitative estimate of drug-likeness (QED) is 0.262. The lowest BCUT2D eigenvalue weighted by atomic mass is 9.86. The van der Waals surface area contributed by atoms with E-state index in [0.29, 0.717) is 11.7 Å². The van der Waals surface area contributed by atoms with Crippen molar-refractivity contribution < 1.29 is 9.53 Å². The molecule has 10 nitrogen and oxygen atoms in total. The van der Waals surface area contributed by atoms with Gasteiger partial charge in [0.25, 0.3) is 0 Å². The highest BCUT2D eigenvalue weighted by Gasteiger charge is 2.31. The Labute approximate surface area is 243 Å². The number of nitrogens with zero attached hydrogens (tertiary/aromatic N) is 7. The highest BCUT2D eigenvalue weighted by molar-refractivity contribution is 7.19. The predicted octanol–water partition coefficient (Wildman–Crippen LogP) is 4.29. The molecule has 12 heteroatoms. The first kappa shape index (κ1) is 28.6. The number of methoxy groups -OCH3 is 1. The predicted molar refractivity (Wildman–Crippen MR) is 163 cm³/mol. The van der Waals surface area contributed by atoms with Crippen molar-refractivity contribution in [2.24, 2.45) is 5.92 Å². The van der Waals surface area contributed by atoms with Crippen LogP contribution in [0.5, 0.6) is 5.75 Å². The Morgan fingerprint density at radius 2 is 1.82 bits per heavy atom. The molecule has 1 amide bonds. The second-order valence-corrected chi connectivity index (χ2v) is 12.8. The van der Waals surface area contributed by atoms with E-state index in [2.05, 4.69) is 67.8 Å². The Kier molecular flexibility index (Phi) is 9.09. The van der Waals surface area contributed by atoms with Crippen molar-refractivity contribution >= 4 is 60.7 Å². The molecule has 1 aliphatic rings. The van der Waals surface area contributed by atoms with Gasteiger partial charge in [-0.05, 0) is 96.5 Å². The SMILES string of the molecule is COc1cc2nnsc2cc1Nc1ncnc2sc3c(c12)CCC(C(=O)N(CCCN(C)C)CCCN(C)C)C3. The molecule has 0 fully saturated rings. The highest BCUT2D eigenvalue weighted by atomic mass is 32.1. The number of anilines is 2. The van der Waals surface area contributed by atoms with Crippen molar-refractivity contribution in [3.05, 3.63) is 28.9 Å². The van der Waals surface area contributed by atoms with Crippen LogP contribution in [0, 0.1) is 5.92 Å². The molecule has 214 valence electrons. The first-order chi connectivity index (χ1) is 19.3. The summed E-state index contributed by atoms with van der Waals surface area (Å²) in [6, 6.07) is 3.89. The fourth-order valence-corrected chi connectivity index (χ4v) is 7.21. The zero-order valence-electron chi connectivity index (χ0n) is 23.9. The minimum Gasteiger partial charge on any atom is -0.494 e. The van der Waals surface area contributed by atoms with Gasteiger partial charge in [-0.15, -0.1) is 16.4 Å². The van der Waals surface area contributed by atoms with E-state index in [1.807, 2.05) is 12.1 Å². The zero-order chi connectivity index (χ0) is 28.2. The first-order valence-corrected chi connectivity index (χ1v) is 15.3. The van der Waals surface area contributed by atoms with Gasteiger partial charge in [-0.1, -0.05) is 4.49 Å². The summed E-state index contributed by atoms with van der Waals surface area (Å²) < 4.78 is 10.7. The molecular weight excluding hydrogens is 544 g/mol. The second-order valence-electron chi connectivity index (χ2n) is 10.9. The molecule has 0 bridgehead atoms. The number of carbonyl (C=O) groups is 1. The topological polar surface area (TPSA) is 99.6 Å². The first-order valence-electron chi connectivity index (χ1n) is 13.7. The van der Waals surface area contributed by atoms with Crippen LogP contribution < -0.4 is 10.1 Å². The number of rotatable bonds is 12.